The second kappa shape index (κ2) is 9.00. The van der Waals surface area contributed by atoms with Crippen molar-refractivity contribution < 1.29 is 14.5 Å². The van der Waals surface area contributed by atoms with Crippen LogP contribution in [0.15, 0.2) is 72.8 Å². The third-order valence-electron chi connectivity index (χ3n) is 4.72. The maximum absolute atomic E-state index is 12.8. The van der Waals surface area contributed by atoms with Crippen molar-refractivity contribution in [2.45, 2.75) is 19.9 Å². The lowest BCUT2D eigenvalue weighted by atomic mass is 10.1. The molecule has 1 atom stereocenters. The van der Waals surface area contributed by atoms with Crippen molar-refractivity contribution in [1.82, 2.24) is 5.32 Å². The Labute approximate surface area is 173 Å². The summed E-state index contributed by atoms with van der Waals surface area (Å²) in [6.45, 7) is 3.45. The van der Waals surface area contributed by atoms with Crippen molar-refractivity contribution in [3.05, 3.63) is 105 Å². The second-order valence-electron chi connectivity index (χ2n) is 6.86. The SMILES string of the molecule is Cc1cc(C(=O)Nc2ccccc2C(=O)N[C@@H](C)c2ccccc2)ccc1[N+](=O)[O-]. The van der Waals surface area contributed by atoms with E-state index in [1.54, 1.807) is 31.2 Å². The first-order valence-electron chi connectivity index (χ1n) is 9.38. The van der Waals surface area contributed by atoms with Crippen LogP contribution in [0.5, 0.6) is 0 Å². The molecule has 0 aromatic heterocycles. The zero-order valence-corrected chi connectivity index (χ0v) is 16.6. The normalized spacial score (nSPS) is 11.4. The monoisotopic (exact) mass is 403 g/mol. The van der Waals surface area contributed by atoms with Crippen LogP contribution < -0.4 is 10.6 Å². The highest BCUT2D eigenvalue weighted by Gasteiger charge is 2.18. The van der Waals surface area contributed by atoms with Crippen LogP contribution in [-0.2, 0) is 0 Å². The second-order valence-corrected chi connectivity index (χ2v) is 6.86. The van der Waals surface area contributed by atoms with Crippen LogP contribution in [-0.4, -0.2) is 16.7 Å². The van der Waals surface area contributed by atoms with Crippen molar-refractivity contribution in [2.24, 2.45) is 0 Å². The quantitative estimate of drug-likeness (QED) is 0.462. The molecule has 30 heavy (non-hydrogen) atoms. The molecule has 0 unspecified atom stereocenters. The van der Waals surface area contributed by atoms with E-state index in [9.17, 15) is 19.7 Å². The fourth-order valence-electron chi connectivity index (χ4n) is 3.09. The third kappa shape index (κ3) is 4.70. The van der Waals surface area contributed by atoms with Gasteiger partial charge in [-0.1, -0.05) is 42.5 Å². The molecule has 2 N–H and O–H groups in total. The highest BCUT2D eigenvalue weighted by Crippen LogP contribution is 2.22. The summed E-state index contributed by atoms with van der Waals surface area (Å²) >= 11 is 0. The maximum Gasteiger partial charge on any atom is 0.272 e. The van der Waals surface area contributed by atoms with Crippen LogP contribution in [0.25, 0.3) is 0 Å². The van der Waals surface area contributed by atoms with Gasteiger partial charge in [0.25, 0.3) is 17.5 Å². The number of nitro groups is 1. The average Bonchev–Trinajstić information content (AvgIpc) is 2.74. The Bertz CT molecular complexity index is 1100. The summed E-state index contributed by atoms with van der Waals surface area (Å²) < 4.78 is 0. The molecule has 3 rings (SSSR count). The largest absolute Gasteiger partial charge is 0.345 e. The molecular weight excluding hydrogens is 382 g/mol. The van der Waals surface area contributed by atoms with Crippen LogP contribution in [0.3, 0.4) is 0 Å². The minimum absolute atomic E-state index is 0.0544. The fourth-order valence-corrected chi connectivity index (χ4v) is 3.09. The van der Waals surface area contributed by atoms with Crippen LogP contribution in [0.4, 0.5) is 11.4 Å². The predicted octanol–water partition coefficient (Wildman–Crippen LogP) is 4.65. The Morgan fingerprint density at radius 3 is 2.27 bits per heavy atom. The standard InChI is InChI=1S/C23H21N3O4/c1-15-14-18(12-13-21(15)26(29)30)22(27)25-20-11-7-6-10-19(20)23(28)24-16(2)17-8-4-3-5-9-17/h3-14,16H,1-2H3,(H,24,28)(H,25,27)/t16-/m0/s1. The summed E-state index contributed by atoms with van der Waals surface area (Å²) in [5, 5.41) is 16.6. The van der Waals surface area contributed by atoms with E-state index in [0.29, 0.717) is 16.8 Å². The van der Waals surface area contributed by atoms with Gasteiger partial charge in [-0.2, -0.15) is 0 Å². The van der Waals surface area contributed by atoms with Crippen molar-refractivity contribution in [3.8, 4) is 0 Å². The number of hydrogen-bond acceptors (Lipinski definition) is 4. The van der Waals surface area contributed by atoms with E-state index in [1.165, 1.54) is 18.2 Å². The molecule has 3 aromatic rings. The summed E-state index contributed by atoms with van der Waals surface area (Å²) in [7, 11) is 0. The van der Waals surface area contributed by atoms with Gasteiger partial charge in [0.1, 0.15) is 0 Å². The lowest BCUT2D eigenvalue weighted by molar-refractivity contribution is -0.385. The van der Waals surface area contributed by atoms with Crippen LogP contribution in [0.2, 0.25) is 0 Å². The number of carbonyl (C=O) groups is 2. The molecule has 0 aliphatic carbocycles. The van der Waals surface area contributed by atoms with Gasteiger partial charge in [-0.3, -0.25) is 19.7 Å². The highest BCUT2D eigenvalue weighted by molar-refractivity contribution is 6.09. The van der Waals surface area contributed by atoms with E-state index in [2.05, 4.69) is 10.6 Å². The summed E-state index contributed by atoms with van der Waals surface area (Å²) in [6, 6.07) is 20.2. The van der Waals surface area contributed by atoms with E-state index in [-0.39, 0.29) is 23.2 Å². The Morgan fingerprint density at radius 1 is 0.933 bits per heavy atom. The van der Waals surface area contributed by atoms with Crippen LogP contribution >= 0.6 is 0 Å². The predicted molar refractivity (Wildman–Crippen MR) is 115 cm³/mol. The van der Waals surface area contributed by atoms with E-state index in [4.69, 9.17) is 0 Å². The molecule has 0 fully saturated rings. The van der Waals surface area contributed by atoms with Gasteiger partial charge in [0.2, 0.25) is 0 Å². The lowest BCUT2D eigenvalue weighted by Gasteiger charge is -2.16. The summed E-state index contributed by atoms with van der Waals surface area (Å²) in [5.41, 5.74) is 2.25. The number of anilines is 1. The third-order valence-corrected chi connectivity index (χ3v) is 4.72. The number of para-hydroxylation sites is 1. The molecule has 0 spiro atoms. The van der Waals surface area contributed by atoms with Gasteiger partial charge in [-0.15, -0.1) is 0 Å². The first-order chi connectivity index (χ1) is 14.4. The number of carbonyl (C=O) groups excluding carboxylic acids is 2. The van der Waals surface area contributed by atoms with Crippen molar-refractivity contribution in [3.63, 3.8) is 0 Å². The van der Waals surface area contributed by atoms with Gasteiger partial charge in [0.05, 0.1) is 22.2 Å². The van der Waals surface area contributed by atoms with E-state index in [1.807, 2.05) is 37.3 Å². The number of nitrogens with one attached hydrogen (secondary N) is 2. The molecule has 0 radical (unpaired) electrons. The Morgan fingerprint density at radius 2 is 1.60 bits per heavy atom. The number of rotatable bonds is 6. The van der Waals surface area contributed by atoms with Gasteiger partial charge in [0, 0.05) is 17.2 Å². The molecule has 7 heteroatoms. The highest BCUT2D eigenvalue weighted by atomic mass is 16.6. The zero-order chi connectivity index (χ0) is 21.7. The average molecular weight is 403 g/mol. The number of amides is 2. The van der Waals surface area contributed by atoms with Gasteiger partial charge < -0.3 is 10.6 Å². The van der Waals surface area contributed by atoms with Gasteiger partial charge in [-0.05, 0) is 43.7 Å². The zero-order valence-electron chi connectivity index (χ0n) is 16.6. The molecular formula is C23H21N3O4. The molecule has 0 aliphatic heterocycles. The summed E-state index contributed by atoms with van der Waals surface area (Å²) in [5.74, 6) is -0.772. The maximum atomic E-state index is 12.8. The number of nitrogens with zero attached hydrogens (tertiary/aromatic N) is 1. The van der Waals surface area contributed by atoms with E-state index >= 15 is 0 Å². The number of aryl methyl sites for hydroxylation is 1. The van der Waals surface area contributed by atoms with E-state index in [0.717, 1.165) is 5.56 Å². The fraction of sp³-hybridized carbons (Fsp3) is 0.130. The smallest absolute Gasteiger partial charge is 0.272 e. The summed E-state index contributed by atoms with van der Waals surface area (Å²) in [6.07, 6.45) is 0. The molecule has 0 bridgehead atoms. The van der Waals surface area contributed by atoms with E-state index < -0.39 is 10.8 Å². The Balaban J connectivity index is 1.78. The molecule has 3 aromatic carbocycles. The Hall–Kier alpha value is -4.00. The molecule has 0 saturated carbocycles. The van der Waals surface area contributed by atoms with Crippen molar-refractivity contribution >= 4 is 23.2 Å². The molecule has 0 aliphatic rings. The van der Waals surface area contributed by atoms with Crippen molar-refractivity contribution in [2.75, 3.05) is 5.32 Å². The number of hydrogen-bond donors (Lipinski definition) is 2. The van der Waals surface area contributed by atoms with Crippen LogP contribution in [0.1, 0.15) is 44.8 Å². The molecule has 152 valence electrons. The number of nitro benzene ring substituents is 1. The molecule has 7 nitrogen and oxygen atoms in total. The van der Waals surface area contributed by atoms with Crippen LogP contribution in [0, 0.1) is 17.0 Å². The Kier molecular flexibility index (Phi) is 6.22. The topological polar surface area (TPSA) is 101 Å². The minimum atomic E-state index is -0.495. The minimum Gasteiger partial charge on any atom is -0.345 e. The summed E-state index contributed by atoms with van der Waals surface area (Å²) in [4.78, 5) is 35.9. The molecule has 0 heterocycles. The van der Waals surface area contributed by atoms with Gasteiger partial charge in [-0.25, -0.2) is 0 Å². The van der Waals surface area contributed by atoms with Gasteiger partial charge in [0.15, 0.2) is 0 Å². The molecule has 0 saturated heterocycles. The lowest BCUT2D eigenvalue weighted by Crippen LogP contribution is -2.28. The van der Waals surface area contributed by atoms with Crippen molar-refractivity contribution in [1.29, 1.82) is 0 Å². The first kappa shape index (κ1) is 20.7. The van der Waals surface area contributed by atoms with Gasteiger partial charge >= 0.3 is 0 Å². The first-order valence-corrected chi connectivity index (χ1v) is 9.38. The molecule has 2 amide bonds. The number of benzene rings is 3.